The SMILES string of the molecule is [2H]C([2H])([2H])n1c(CCNC(=O)C(F)(F)F)c(N)c(=O)n1-c1ccccc1. The second kappa shape index (κ2) is 6.19. The molecule has 3 N–H and O–H groups in total. The van der Waals surface area contributed by atoms with E-state index in [-0.39, 0.29) is 17.8 Å². The lowest BCUT2D eigenvalue weighted by atomic mass is 10.2. The first-order chi connectivity index (χ1) is 11.9. The average Bonchev–Trinajstić information content (AvgIpc) is 2.79. The number of nitrogens with zero attached hydrogens (tertiary/aromatic N) is 2. The molecule has 0 spiro atoms. The Balaban J connectivity index is 2.44. The number of carbonyl (C=O) groups excluding carboxylic acids is 1. The van der Waals surface area contributed by atoms with Crippen molar-refractivity contribution in [3.05, 3.63) is 46.4 Å². The number of anilines is 1. The van der Waals surface area contributed by atoms with Crippen molar-refractivity contribution < 1.29 is 22.1 Å². The lowest BCUT2D eigenvalue weighted by Gasteiger charge is -2.11. The maximum absolute atomic E-state index is 12.4. The number of nitrogen functional groups attached to an aromatic ring is 1. The molecule has 1 heterocycles. The molecule has 1 amide bonds. The van der Waals surface area contributed by atoms with Gasteiger partial charge in [-0.3, -0.25) is 14.3 Å². The van der Waals surface area contributed by atoms with Crippen molar-refractivity contribution in [2.45, 2.75) is 12.6 Å². The maximum atomic E-state index is 12.4. The standard InChI is InChI=1S/C14H15F3N4O2/c1-20-10(7-8-19-13(23)14(15,16)17)11(18)12(22)21(20)9-5-3-2-4-6-9/h2-6H,7-8,18H2,1H3,(H,19,23)/i1D3. The summed E-state index contributed by atoms with van der Waals surface area (Å²) in [5, 5.41) is 1.62. The fraction of sp³-hybridized carbons (Fsp3) is 0.286. The largest absolute Gasteiger partial charge is 0.471 e. The molecule has 6 nitrogen and oxygen atoms in total. The van der Waals surface area contributed by atoms with E-state index < -0.39 is 36.9 Å². The van der Waals surface area contributed by atoms with Crippen molar-refractivity contribution in [2.75, 3.05) is 12.3 Å². The van der Waals surface area contributed by atoms with E-state index in [1.807, 2.05) is 0 Å². The number of carbonyl (C=O) groups is 1. The van der Waals surface area contributed by atoms with Gasteiger partial charge in [-0.1, -0.05) is 18.2 Å². The smallest absolute Gasteiger partial charge is 0.393 e. The summed E-state index contributed by atoms with van der Waals surface area (Å²) in [6, 6.07) is 7.79. The molecule has 0 aliphatic rings. The van der Waals surface area contributed by atoms with Crippen LogP contribution in [0.25, 0.3) is 5.69 Å². The Bertz CT molecular complexity index is 857. The first-order valence-electron chi connectivity index (χ1n) is 7.98. The van der Waals surface area contributed by atoms with E-state index in [1.54, 1.807) is 23.5 Å². The Morgan fingerprint density at radius 1 is 1.35 bits per heavy atom. The highest BCUT2D eigenvalue weighted by Crippen LogP contribution is 2.15. The van der Waals surface area contributed by atoms with Gasteiger partial charge in [0, 0.05) is 24.1 Å². The third kappa shape index (κ3) is 3.38. The number of hydrogen-bond acceptors (Lipinski definition) is 3. The number of benzene rings is 1. The molecular weight excluding hydrogens is 313 g/mol. The van der Waals surface area contributed by atoms with Crippen LogP contribution >= 0.6 is 0 Å². The lowest BCUT2D eigenvalue weighted by Crippen LogP contribution is -2.38. The van der Waals surface area contributed by atoms with Gasteiger partial charge < -0.3 is 11.1 Å². The number of alkyl halides is 3. The zero-order valence-corrected chi connectivity index (χ0v) is 11.7. The molecule has 2 aromatic rings. The van der Waals surface area contributed by atoms with Crippen LogP contribution in [0.5, 0.6) is 0 Å². The van der Waals surface area contributed by atoms with Crippen LogP contribution in [0.4, 0.5) is 18.9 Å². The van der Waals surface area contributed by atoms with Crippen LogP contribution in [-0.2, 0) is 18.2 Å². The zero-order valence-electron chi connectivity index (χ0n) is 14.7. The van der Waals surface area contributed by atoms with Gasteiger partial charge in [0.2, 0.25) is 0 Å². The topological polar surface area (TPSA) is 82.1 Å². The van der Waals surface area contributed by atoms with E-state index in [0.29, 0.717) is 4.68 Å². The highest BCUT2D eigenvalue weighted by atomic mass is 19.4. The number of para-hydroxylation sites is 1. The minimum Gasteiger partial charge on any atom is -0.393 e. The number of aromatic nitrogens is 2. The minimum absolute atomic E-state index is 0.193. The fourth-order valence-electron chi connectivity index (χ4n) is 2.00. The highest BCUT2D eigenvalue weighted by Gasteiger charge is 2.38. The predicted octanol–water partition coefficient (Wildman–Crippen LogP) is 0.979. The van der Waals surface area contributed by atoms with Gasteiger partial charge in [-0.25, -0.2) is 4.68 Å². The van der Waals surface area contributed by atoms with Gasteiger partial charge in [0.25, 0.3) is 5.56 Å². The van der Waals surface area contributed by atoms with Crippen LogP contribution in [0.2, 0.25) is 0 Å². The van der Waals surface area contributed by atoms with Gasteiger partial charge in [-0.15, -0.1) is 0 Å². The molecule has 0 atom stereocenters. The maximum Gasteiger partial charge on any atom is 0.471 e. The summed E-state index contributed by atoms with van der Waals surface area (Å²) >= 11 is 0. The molecule has 0 saturated carbocycles. The van der Waals surface area contributed by atoms with Crippen LogP contribution in [0, 0.1) is 0 Å². The summed E-state index contributed by atoms with van der Waals surface area (Å²) in [5.74, 6) is -2.17. The fourth-order valence-corrected chi connectivity index (χ4v) is 2.00. The summed E-state index contributed by atoms with van der Waals surface area (Å²) in [6.45, 7) is -3.37. The quantitative estimate of drug-likeness (QED) is 0.876. The molecule has 0 radical (unpaired) electrons. The first-order valence-corrected chi connectivity index (χ1v) is 6.48. The molecule has 9 heteroatoms. The van der Waals surface area contributed by atoms with E-state index >= 15 is 0 Å². The van der Waals surface area contributed by atoms with Gasteiger partial charge >= 0.3 is 12.1 Å². The van der Waals surface area contributed by atoms with Gasteiger partial charge in [0.05, 0.1) is 11.4 Å². The van der Waals surface area contributed by atoms with Crippen molar-refractivity contribution in [2.24, 2.45) is 6.98 Å². The molecule has 0 saturated heterocycles. The Hall–Kier alpha value is -2.71. The monoisotopic (exact) mass is 331 g/mol. The van der Waals surface area contributed by atoms with Crippen molar-refractivity contribution in [3.8, 4) is 5.69 Å². The zero-order chi connectivity index (χ0) is 19.7. The van der Waals surface area contributed by atoms with E-state index in [9.17, 15) is 22.8 Å². The van der Waals surface area contributed by atoms with Crippen molar-refractivity contribution in [3.63, 3.8) is 0 Å². The molecule has 1 aromatic heterocycles. The van der Waals surface area contributed by atoms with E-state index in [2.05, 4.69) is 0 Å². The van der Waals surface area contributed by atoms with Crippen LogP contribution in [0.15, 0.2) is 35.1 Å². The normalized spacial score (nSPS) is 14.0. The Labute approximate surface area is 133 Å². The van der Waals surface area contributed by atoms with Crippen molar-refractivity contribution in [1.29, 1.82) is 0 Å². The molecule has 0 bridgehead atoms. The summed E-state index contributed by atoms with van der Waals surface area (Å²) in [7, 11) is 0. The third-order valence-electron chi connectivity index (χ3n) is 3.09. The number of hydrogen-bond donors (Lipinski definition) is 2. The van der Waals surface area contributed by atoms with Gasteiger partial charge in [0.15, 0.2) is 0 Å². The lowest BCUT2D eigenvalue weighted by molar-refractivity contribution is -0.173. The van der Waals surface area contributed by atoms with E-state index in [1.165, 1.54) is 12.1 Å². The van der Waals surface area contributed by atoms with Crippen molar-refractivity contribution in [1.82, 2.24) is 14.7 Å². The molecule has 23 heavy (non-hydrogen) atoms. The molecule has 124 valence electrons. The number of nitrogens with one attached hydrogen (secondary N) is 1. The minimum atomic E-state index is -5.06. The van der Waals surface area contributed by atoms with E-state index in [4.69, 9.17) is 9.85 Å². The Kier molecular flexibility index (Phi) is 3.44. The van der Waals surface area contributed by atoms with Gasteiger partial charge in [0.1, 0.15) is 5.69 Å². The predicted molar refractivity (Wildman–Crippen MR) is 78.2 cm³/mol. The number of rotatable bonds is 4. The van der Waals surface area contributed by atoms with Gasteiger partial charge in [-0.2, -0.15) is 13.2 Å². The first kappa shape index (κ1) is 12.8. The molecule has 1 aromatic carbocycles. The average molecular weight is 331 g/mol. The van der Waals surface area contributed by atoms with Crippen molar-refractivity contribution >= 4 is 11.6 Å². The molecule has 0 unspecified atom stereocenters. The summed E-state index contributed by atoms with van der Waals surface area (Å²) in [4.78, 5) is 23.3. The molecule has 0 aliphatic heterocycles. The summed E-state index contributed by atoms with van der Waals surface area (Å²) < 4.78 is 61.1. The second-order valence-corrected chi connectivity index (χ2v) is 4.63. The number of halogens is 3. The molecular formula is C14H15F3N4O2. The number of nitrogens with two attached hydrogens (primary N) is 1. The molecule has 0 fully saturated rings. The van der Waals surface area contributed by atoms with Gasteiger partial charge in [-0.05, 0) is 12.1 Å². The van der Waals surface area contributed by atoms with Crippen LogP contribution < -0.4 is 16.6 Å². The Morgan fingerprint density at radius 3 is 2.57 bits per heavy atom. The second-order valence-electron chi connectivity index (χ2n) is 4.63. The summed E-state index contributed by atoms with van der Waals surface area (Å²) in [6.07, 6.45) is -5.44. The third-order valence-corrected chi connectivity index (χ3v) is 3.09. The van der Waals surface area contributed by atoms with Crippen LogP contribution in [0.1, 0.15) is 9.81 Å². The highest BCUT2D eigenvalue weighted by molar-refractivity contribution is 5.81. The van der Waals surface area contributed by atoms with Crippen LogP contribution in [0.3, 0.4) is 0 Å². The Morgan fingerprint density at radius 2 is 2.00 bits per heavy atom. The summed E-state index contributed by atoms with van der Waals surface area (Å²) in [5.41, 5.74) is 4.51. The molecule has 0 aliphatic carbocycles. The molecule has 2 rings (SSSR count). The van der Waals surface area contributed by atoms with Crippen LogP contribution in [-0.4, -0.2) is 28.0 Å². The van der Waals surface area contributed by atoms with E-state index in [0.717, 1.165) is 4.68 Å². The number of amides is 1.